The van der Waals surface area contributed by atoms with Crippen LogP contribution in [0.5, 0.6) is 0 Å². The number of rotatable bonds is 4. The van der Waals surface area contributed by atoms with Crippen LogP contribution >= 0.6 is 0 Å². The summed E-state index contributed by atoms with van der Waals surface area (Å²) in [6.45, 7) is 7.15. The highest BCUT2D eigenvalue weighted by molar-refractivity contribution is 5.91. The van der Waals surface area contributed by atoms with Crippen molar-refractivity contribution in [3.8, 4) is 11.1 Å². The van der Waals surface area contributed by atoms with E-state index in [1.54, 1.807) is 18.5 Å². The number of fused-ring (bicyclic) bond motifs is 1. The zero-order valence-electron chi connectivity index (χ0n) is 15.6. The van der Waals surface area contributed by atoms with Gasteiger partial charge in [-0.15, -0.1) is 0 Å². The summed E-state index contributed by atoms with van der Waals surface area (Å²) in [6.07, 6.45) is 5.63. The number of hydrogen-bond donors (Lipinski definition) is 1. The van der Waals surface area contributed by atoms with Crippen molar-refractivity contribution in [2.75, 3.05) is 26.3 Å². The van der Waals surface area contributed by atoms with Gasteiger partial charge in [0, 0.05) is 54.5 Å². The molecule has 0 radical (unpaired) electrons. The zero-order chi connectivity index (χ0) is 19.0. The van der Waals surface area contributed by atoms with Crippen LogP contribution in [-0.4, -0.2) is 51.7 Å². The van der Waals surface area contributed by atoms with Crippen molar-refractivity contribution in [3.63, 3.8) is 0 Å². The fourth-order valence-electron chi connectivity index (χ4n) is 3.95. The van der Waals surface area contributed by atoms with Gasteiger partial charge in [0.1, 0.15) is 0 Å². The molecule has 1 N–H and O–H groups in total. The quantitative estimate of drug-likeness (QED) is 0.767. The fraction of sp³-hybridized carbons (Fsp3) is 0.333. The summed E-state index contributed by atoms with van der Waals surface area (Å²) in [7, 11) is 0. The van der Waals surface area contributed by atoms with Gasteiger partial charge in [-0.3, -0.25) is 9.88 Å². The van der Waals surface area contributed by atoms with Crippen molar-refractivity contribution in [2.24, 2.45) is 0 Å². The number of carboxylic acid groups (broad SMARTS) is 1. The third-order valence-corrected chi connectivity index (χ3v) is 5.42. The van der Waals surface area contributed by atoms with Crippen molar-refractivity contribution in [1.82, 2.24) is 14.3 Å². The Morgan fingerprint density at radius 3 is 2.56 bits per heavy atom. The summed E-state index contributed by atoms with van der Waals surface area (Å²) in [4.78, 5) is 18.3. The van der Waals surface area contributed by atoms with E-state index < -0.39 is 5.97 Å². The van der Waals surface area contributed by atoms with Crippen LogP contribution in [0.25, 0.3) is 16.6 Å². The molecule has 1 atom stereocenters. The number of aromatic nitrogens is 2. The summed E-state index contributed by atoms with van der Waals surface area (Å²) in [5.41, 5.74) is 5.19. The molecule has 0 saturated carbocycles. The summed E-state index contributed by atoms with van der Waals surface area (Å²) >= 11 is 0. The third kappa shape index (κ3) is 3.22. The molecule has 1 fully saturated rings. The number of carbonyl (C=O) groups is 1. The van der Waals surface area contributed by atoms with Crippen LogP contribution in [0, 0.1) is 6.92 Å². The maximum atomic E-state index is 11.8. The molecule has 1 aliphatic heterocycles. The van der Waals surface area contributed by atoms with E-state index in [1.807, 2.05) is 25.1 Å². The van der Waals surface area contributed by atoms with Crippen molar-refractivity contribution >= 4 is 11.5 Å². The van der Waals surface area contributed by atoms with Crippen molar-refractivity contribution < 1.29 is 14.6 Å². The lowest BCUT2D eigenvalue weighted by Crippen LogP contribution is -2.39. The van der Waals surface area contributed by atoms with Gasteiger partial charge in [0.25, 0.3) is 0 Å². The molecule has 4 rings (SSSR count). The molecule has 0 amide bonds. The van der Waals surface area contributed by atoms with Crippen LogP contribution in [0.2, 0.25) is 0 Å². The summed E-state index contributed by atoms with van der Waals surface area (Å²) in [6, 6.07) is 7.82. The smallest absolute Gasteiger partial charge is 0.336 e. The fourth-order valence-corrected chi connectivity index (χ4v) is 3.95. The van der Waals surface area contributed by atoms with E-state index in [-0.39, 0.29) is 6.04 Å². The van der Waals surface area contributed by atoms with E-state index in [4.69, 9.17) is 4.74 Å². The maximum absolute atomic E-state index is 11.8. The topological polar surface area (TPSA) is 67.1 Å². The standard InChI is InChI=1S/C21H23N3O3/c1-14-19(21(25)26)12-18-11-17(16-3-5-22-6-4-16)13-24(18)20(14)15(2)23-7-9-27-10-8-23/h3-6,11-13,15H,7-10H2,1-2H3,(H,25,26). The van der Waals surface area contributed by atoms with E-state index in [0.717, 1.165) is 41.0 Å². The van der Waals surface area contributed by atoms with Gasteiger partial charge in [-0.2, -0.15) is 0 Å². The lowest BCUT2D eigenvalue weighted by Gasteiger charge is -2.33. The highest BCUT2D eigenvalue weighted by atomic mass is 16.5. The molecule has 0 aliphatic carbocycles. The van der Waals surface area contributed by atoms with Crippen LogP contribution in [0.3, 0.4) is 0 Å². The van der Waals surface area contributed by atoms with Crippen LogP contribution in [0.1, 0.15) is 34.6 Å². The number of morpholine rings is 1. The van der Waals surface area contributed by atoms with Gasteiger partial charge in [0.2, 0.25) is 0 Å². The molecule has 1 aliphatic rings. The monoisotopic (exact) mass is 365 g/mol. The van der Waals surface area contributed by atoms with E-state index >= 15 is 0 Å². The summed E-state index contributed by atoms with van der Waals surface area (Å²) in [5.74, 6) is -0.892. The predicted octanol–water partition coefficient (Wildman–Crippen LogP) is 3.40. The number of pyridine rings is 2. The molecule has 0 bridgehead atoms. The number of nitrogens with zero attached hydrogens (tertiary/aromatic N) is 3. The Balaban J connectivity index is 1.90. The first-order chi connectivity index (χ1) is 13.1. The SMILES string of the molecule is Cc1c(C(=O)O)cc2cc(-c3ccncc3)cn2c1C(C)N1CCOCC1. The molecule has 27 heavy (non-hydrogen) atoms. The Hall–Kier alpha value is -2.70. The lowest BCUT2D eigenvalue weighted by atomic mass is 10.0. The highest BCUT2D eigenvalue weighted by Crippen LogP contribution is 2.31. The molecule has 6 nitrogen and oxygen atoms in total. The molecule has 0 spiro atoms. The van der Waals surface area contributed by atoms with Gasteiger partial charge in [-0.1, -0.05) is 0 Å². The van der Waals surface area contributed by atoms with Crippen molar-refractivity contribution in [1.29, 1.82) is 0 Å². The Morgan fingerprint density at radius 2 is 1.89 bits per heavy atom. The largest absolute Gasteiger partial charge is 0.478 e. The molecule has 1 saturated heterocycles. The number of carboxylic acids is 1. The van der Waals surface area contributed by atoms with E-state index in [9.17, 15) is 9.90 Å². The van der Waals surface area contributed by atoms with Gasteiger partial charge < -0.3 is 14.2 Å². The first-order valence-electron chi connectivity index (χ1n) is 9.17. The molecule has 4 heterocycles. The second-order valence-electron chi connectivity index (χ2n) is 6.96. The van der Waals surface area contributed by atoms with Crippen LogP contribution < -0.4 is 0 Å². The Labute approximate surface area is 158 Å². The van der Waals surface area contributed by atoms with E-state index in [0.29, 0.717) is 18.8 Å². The van der Waals surface area contributed by atoms with E-state index in [1.165, 1.54) is 0 Å². The molecule has 0 aromatic carbocycles. The number of aromatic carboxylic acids is 1. The highest BCUT2D eigenvalue weighted by Gasteiger charge is 2.25. The summed E-state index contributed by atoms with van der Waals surface area (Å²) in [5, 5.41) is 9.71. The first kappa shape index (κ1) is 17.7. The molecule has 3 aromatic heterocycles. The van der Waals surface area contributed by atoms with Crippen LogP contribution in [0.15, 0.2) is 42.9 Å². The van der Waals surface area contributed by atoms with Crippen molar-refractivity contribution in [2.45, 2.75) is 19.9 Å². The molecule has 3 aromatic rings. The van der Waals surface area contributed by atoms with Crippen LogP contribution in [0.4, 0.5) is 0 Å². The lowest BCUT2D eigenvalue weighted by molar-refractivity contribution is 0.0187. The van der Waals surface area contributed by atoms with Crippen LogP contribution in [-0.2, 0) is 4.74 Å². The van der Waals surface area contributed by atoms with Gasteiger partial charge in [0.05, 0.1) is 18.8 Å². The van der Waals surface area contributed by atoms with Crippen molar-refractivity contribution in [3.05, 3.63) is 59.7 Å². The Bertz CT molecular complexity index is 975. The minimum absolute atomic E-state index is 0.0911. The maximum Gasteiger partial charge on any atom is 0.336 e. The molecule has 1 unspecified atom stereocenters. The Morgan fingerprint density at radius 1 is 1.19 bits per heavy atom. The molecule has 140 valence electrons. The molecular weight excluding hydrogens is 342 g/mol. The minimum atomic E-state index is -0.892. The van der Waals surface area contributed by atoms with Gasteiger partial charge >= 0.3 is 5.97 Å². The second kappa shape index (κ2) is 7.13. The average molecular weight is 365 g/mol. The number of hydrogen-bond acceptors (Lipinski definition) is 4. The zero-order valence-corrected chi connectivity index (χ0v) is 15.6. The number of ether oxygens (including phenoxy) is 1. The predicted molar refractivity (Wildman–Crippen MR) is 103 cm³/mol. The van der Waals surface area contributed by atoms with Gasteiger partial charge in [-0.25, -0.2) is 4.79 Å². The first-order valence-corrected chi connectivity index (χ1v) is 9.17. The summed E-state index contributed by atoms with van der Waals surface area (Å²) < 4.78 is 7.62. The second-order valence-corrected chi connectivity index (χ2v) is 6.96. The third-order valence-electron chi connectivity index (χ3n) is 5.42. The Kier molecular flexibility index (Phi) is 4.68. The van der Waals surface area contributed by atoms with E-state index in [2.05, 4.69) is 27.4 Å². The average Bonchev–Trinajstić information content (AvgIpc) is 3.12. The van der Waals surface area contributed by atoms with Gasteiger partial charge in [0.15, 0.2) is 0 Å². The molecular formula is C21H23N3O3. The van der Waals surface area contributed by atoms with Gasteiger partial charge in [-0.05, 0) is 49.2 Å². The minimum Gasteiger partial charge on any atom is -0.478 e. The normalized spacial score (nSPS) is 16.5. The molecule has 6 heteroatoms.